The highest BCUT2D eigenvalue weighted by molar-refractivity contribution is 7.93. The number of rotatable bonds is 6. The van der Waals surface area contributed by atoms with Gasteiger partial charge >= 0.3 is 0 Å². The Morgan fingerprint density at radius 1 is 1.43 bits per heavy atom. The molecule has 2 aromatic rings. The van der Waals surface area contributed by atoms with Crippen LogP contribution in [-0.4, -0.2) is 24.9 Å². The molecule has 0 amide bonds. The number of hydrogen-bond acceptors (Lipinski definition) is 6. The van der Waals surface area contributed by atoms with E-state index in [9.17, 15) is 8.42 Å². The first-order valence-electron chi connectivity index (χ1n) is 6.76. The van der Waals surface area contributed by atoms with Crippen LogP contribution < -0.4 is 10.0 Å². The number of hydrogen-bond donors (Lipinski definition) is 2. The zero-order valence-electron chi connectivity index (χ0n) is 11.5. The van der Waals surface area contributed by atoms with E-state index in [0.717, 1.165) is 18.5 Å². The van der Waals surface area contributed by atoms with Crippen LogP contribution in [0.3, 0.4) is 0 Å². The summed E-state index contributed by atoms with van der Waals surface area (Å²) in [7, 11) is -3.69. The largest absolute Gasteiger partial charge is 0.384 e. The Kier molecular flexibility index (Phi) is 3.81. The van der Waals surface area contributed by atoms with E-state index in [4.69, 9.17) is 0 Å². The molecule has 0 bridgehead atoms. The number of anilines is 2. The molecule has 2 N–H and O–H groups in total. The molecule has 6 nitrogen and oxygen atoms in total. The molecule has 0 spiro atoms. The lowest BCUT2D eigenvalue weighted by atomic mass is 10.3. The summed E-state index contributed by atoms with van der Waals surface area (Å²) in [5.41, 5.74) is 1.52. The molecule has 0 saturated heterocycles. The second kappa shape index (κ2) is 5.61. The van der Waals surface area contributed by atoms with E-state index in [1.54, 1.807) is 12.3 Å². The van der Waals surface area contributed by atoms with Gasteiger partial charge in [0.1, 0.15) is 4.90 Å². The van der Waals surface area contributed by atoms with Crippen LogP contribution in [0.4, 0.5) is 10.8 Å². The Balaban J connectivity index is 1.85. The molecular formula is C13H16N4O2S2. The summed E-state index contributed by atoms with van der Waals surface area (Å²) in [6.07, 6.45) is 5.19. The minimum absolute atomic E-state index is 0.134. The second-order valence-electron chi connectivity index (χ2n) is 4.86. The lowest BCUT2D eigenvalue weighted by molar-refractivity contribution is 0.601. The van der Waals surface area contributed by atoms with Gasteiger partial charge in [0.15, 0.2) is 5.13 Å². The predicted molar refractivity (Wildman–Crippen MR) is 83.3 cm³/mol. The van der Waals surface area contributed by atoms with Gasteiger partial charge in [-0.25, -0.2) is 13.4 Å². The normalized spacial score (nSPS) is 14.9. The first-order valence-corrected chi connectivity index (χ1v) is 9.12. The van der Waals surface area contributed by atoms with E-state index in [0.29, 0.717) is 23.3 Å². The summed E-state index contributed by atoms with van der Waals surface area (Å²) in [5.74, 6) is 0.509. The lowest BCUT2D eigenvalue weighted by Gasteiger charge is -2.10. The predicted octanol–water partition coefficient (Wildman–Crippen LogP) is 2.65. The zero-order chi connectivity index (χ0) is 14.9. The first kappa shape index (κ1) is 14.3. The second-order valence-corrected chi connectivity index (χ2v) is 7.37. The van der Waals surface area contributed by atoms with Gasteiger partial charge in [0.05, 0.1) is 11.4 Å². The highest BCUT2D eigenvalue weighted by Crippen LogP contribution is 2.41. The van der Waals surface area contributed by atoms with Crippen molar-refractivity contribution in [3.8, 4) is 0 Å². The fourth-order valence-corrected chi connectivity index (χ4v) is 4.17. The average Bonchev–Trinajstić information content (AvgIpc) is 3.21. The molecule has 0 unspecified atom stereocenters. The van der Waals surface area contributed by atoms with Crippen LogP contribution in [0.25, 0.3) is 0 Å². The highest BCUT2D eigenvalue weighted by Gasteiger charge is 2.27. The number of pyridine rings is 1. The van der Waals surface area contributed by atoms with Crippen molar-refractivity contribution >= 4 is 32.2 Å². The Hall–Kier alpha value is -1.67. The molecule has 1 aliphatic rings. The van der Waals surface area contributed by atoms with Crippen LogP contribution in [0.15, 0.2) is 28.7 Å². The highest BCUT2D eigenvalue weighted by atomic mass is 32.2. The van der Waals surface area contributed by atoms with Crippen LogP contribution in [-0.2, 0) is 10.0 Å². The molecule has 21 heavy (non-hydrogen) atoms. The third-order valence-corrected chi connectivity index (χ3v) is 5.45. The first-order chi connectivity index (χ1) is 10.1. The van der Waals surface area contributed by atoms with Crippen LogP contribution in [0.1, 0.15) is 31.4 Å². The maximum Gasteiger partial charge on any atom is 0.267 e. The zero-order valence-corrected chi connectivity index (χ0v) is 13.2. The van der Waals surface area contributed by atoms with E-state index in [1.807, 2.05) is 12.3 Å². The molecule has 0 radical (unpaired) electrons. The molecule has 1 aliphatic carbocycles. The van der Waals surface area contributed by atoms with Crippen LogP contribution in [0, 0.1) is 0 Å². The standard InChI is InChI=1S/C13H16N4O2S2/c1-2-15-10-5-6-14-7-12(10)21(18,19)17-13-16-11(8-20-13)9-3-4-9/h5-9H,2-4H2,1H3,(H,14,15)(H,16,17). The average molecular weight is 324 g/mol. The molecule has 1 saturated carbocycles. The minimum atomic E-state index is -3.69. The molecule has 0 aromatic carbocycles. The quantitative estimate of drug-likeness (QED) is 0.853. The summed E-state index contributed by atoms with van der Waals surface area (Å²) in [4.78, 5) is 8.38. The van der Waals surface area contributed by atoms with Crippen molar-refractivity contribution < 1.29 is 8.42 Å². The molecule has 0 atom stereocenters. The number of nitrogens with one attached hydrogen (secondary N) is 2. The van der Waals surface area contributed by atoms with E-state index >= 15 is 0 Å². The summed E-state index contributed by atoms with van der Waals surface area (Å²) >= 11 is 1.32. The third-order valence-electron chi connectivity index (χ3n) is 3.18. The van der Waals surface area contributed by atoms with Gasteiger partial charge < -0.3 is 5.32 Å². The van der Waals surface area contributed by atoms with Crippen molar-refractivity contribution in [1.29, 1.82) is 0 Å². The number of sulfonamides is 1. The Morgan fingerprint density at radius 3 is 2.95 bits per heavy atom. The van der Waals surface area contributed by atoms with Gasteiger partial charge in [0.2, 0.25) is 0 Å². The monoisotopic (exact) mass is 324 g/mol. The van der Waals surface area contributed by atoms with Crippen molar-refractivity contribution in [2.24, 2.45) is 0 Å². The summed E-state index contributed by atoms with van der Waals surface area (Å²) in [6.45, 7) is 2.54. The maximum atomic E-state index is 12.5. The number of aromatic nitrogens is 2. The topological polar surface area (TPSA) is 84.0 Å². The van der Waals surface area contributed by atoms with Gasteiger partial charge in [-0.15, -0.1) is 11.3 Å². The smallest absolute Gasteiger partial charge is 0.267 e. The van der Waals surface area contributed by atoms with Crippen molar-refractivity contribution in [3.63, 3.8) is 0 Å². The summed E-state index contributed by atoms with van der Waals surface area (Å²) in [6, 6.07) is 1.65. The fourth-order valence-electron chi connectivity index (χ4n) is 2.00. The Bertz CT molecular complexity index is 738. The maximum absolute atomic E-state index is 12.5. The molecule has 1 fully saturated rings. The van der Waals surface area contributed by atoms with E-state index in [2.05, 4.69) is 20.0 Å². The van der Waals surface area contributed by atoms with Crippen LogP contribution in [0.2, 0.25) is 0 Å². The van der Waals surface area contributed by atoms with E-state index < -0.39 is 10.0 Å². The molecule has 2 heterocycles. The molecule has 112 valence electrons. The molecule has 0 aliphatic heterocycles. The van der Waals surface area contributed by atoms with Gasteiger partial charge in [-0.05, 0) is 25.8 Å². The van der Waals surface area contributed by atoms with Crippen LogP contribution in [0.5, 0.6) is 0 Å². The SMILES string of the molecule is CCNc1ccncc1S(=O)(=O)Nc1nc(C2CC2)cs1. The van der Waals surface area contributed by atoms with Crippen molar-refractivity contribution in [2.45, 2.75) is 30.6 Å². The van der Waals surface area contributed by atoms with Gasteiger partial charge in [0.25, 0.3) is 10.0 Å². The molecule has 2 aromatic heterocycles. The van der Waals surface area contributed by atoms with E-state index in [1.165, 1.54) is 17.5 Å². The van der Waals surface area contributed by atoms with Crippen molar-refractivity contribution in [3.05, 3.63) is 29.5 Å². The van der Waals surface area contributed by atoms with Crippen molar-refractivity contribution in [2.75, 3.05) is 16.6 Å². The lowest BCUT2D eigenvalue weighted by Crippen LogP contribution is -2.15. The Morgan fingerprint density at radius 2 is 2.24 bits per heavy atom. The van der Waals surface area contributed by atoms with Crippen LogP contribution >= 0.6 is 11.3 Å². The minimum Gasteiger partial charge on any atom is -0.384 e. The molecular weight excluding hydrogens is 308 g/mol. The summed E-state index contributed by atoms with van der Waals surface area (Å²) in [5, 5.41) is 5.35. The third kappa shape index (κ3) is 3.16. The van der Waals surface area contributed by atoms with Gasteiger partial charge in [-0.1, -0.05) is 0 Å². The van der Waals surface area contributed by atoms with E-state index in [-0.39, 0.29) is 4.90 Å². The van der Waals surface area contributed by atoms with Gasteiger partial charge in [0, 0.05) is 30.2 Å². The summed E-state index contributed by atoms with van der Waals surface area (Å²) < 4.78 is 27.5. The molecule has 8 heteroatoms. The fraction of sp³-hybridized carbons (Fsp3) is 0.385. The van der Waals surface area contributed by atoms with Gasteiger partial charge in [-0.3, -0.25) is 9.71 Å². The molecule has 3 rings (SSSR count). The van der Waals surface area contributed by atoms with Gasteiger partial charge in [-0.2, -0.15) is 0 Å². The van der Waals surface area contributed by atoms with Crippen molar-refractivity contribution in [1.82, 2.24) is 9.97 Å². The Labute approximate surface area is 127 Å². The number of nitrogens with zero attached hydrogens (tertiary/aromatic N) is 2. The number of thiazole rings is 1.